The highest BCUT2D eigenvalue weighted by Gasteiger charge is 2.17. The largest absolute Gasteiger partial charge is 0.385 e. The molecule has 1 N–H and O–H groups in total. The number of aryl methyl sites for hydroxylation is 2. The molecule has 130 valence electrons. The van der Waals surface area contributed by atoms with Crippen LogP contribution in [0.25, 0.3) is 0 Å². The van der Waals surface area contributed by atoms with Crippen LogP contribution in [0.5, 0.6) is 0 Å². The van der Waals surface area contributed by atoms with Crippen molar-refractivity contribution in [1.82, 2.24) is 9.62 Å². The topological polar surface area (TPSA) is 75.7 Å². The zero-order valence-electron chi connectivity index (χ0n) is 14.3. The number of nitrogens with zero attached hydrogens (tertiary/aromatic N) is 1. The molecule has 0 aliphatic carbocycles. The molecule has 6 nitrogen and oxygen atoms in total. The predicted octanol–water partition coefficient (Wildman–Crippen LogP) is 1.47. The molecule has 0 atom stereocenters. The van der Waals surface area contributed by atoms with Gasteiger partial charge in [0.15, 0.2) is 0 Å². The maximum absolute atomic E-state index is 12.3. The van der Waals surface area contributed by atoms with Gasteiger partial charge in [-0.1, -0.05) is 17.7 Å². The van der Waals surface area contributed by atoms with Crippen LogP contribution in [0.2, 0.25) is 0 Å². The zero-order valence-corrected chi connectivity index (χ0v) is 15.1. The molecule has 0 bridgehead atoms. The van der Waals surface area contributed by atoms with E-state index in [4.69, 9.17) is 4.74 Å². The quantitative estimate of drug-likeness (QED) is 0.690. The van der Waals surface area contributed by atoms with Gasteiger partial charge in [-0.2, -0.15) is 0 Å². The Bertz CT molecular complexity index is 629. The van der Waals surface area contributed by atoms with Gasteiger partial charge in [0, 0.05) is 40.3 Å². The summed E-state index contributed by atoms with van der Waals surface area (Å²) in [5.74, 6) is -0.0770. The molecule has 0 unspecified atom stereocenters. The lowest BCUT2D eigenvalue weighted by atomic mass is 10.2. The minimum absolute atomic E-state index is 0.0770. The Balaban J connectivity index is 2.62. The van der Waals surface area contributed by atoms with Crippen molar-refractivity contribution in [2.24, 2.45) is 0 Å². The molecule has 1 aromatic rings. The van der Waals surface area contributed by atoms with Gasteiger partial charge in [0.05, 0.1) is 4.90 Å². The second kappa shape index (κ2) is 9.00. The Labute approximate surface area is 138 Å². The van der Waals surface area contributed by atoms with E-state index in [0.29, 0.717) is 25.3 Å². The van der Waals surface area contributed by atoms with Gasteiger partial charge in [0.25, 0.3) is 0 Å². The van der Waals surface area contributed by atoms with Crippen molar-refractivity contribution in [2.75, 3.05) is 33.4 Å². The highest BCUT2D eigenvalue weighted by molar-refractivity contribution is 7.89. The average molecular weight is 342 g/mol. The summed E-state index contributed by atoms with van der Waals surface area (Å²) in [7, 11) is -1.96. The molecule has 7 heteroatoms. The standard InChI is InChI=1S/C16H26N2O4S/c1-13-6-7-16(14(2)12-13)23(20,21)17-8-10-18(15(3)19)9-5-11-22-4/h6-7,12,17H,5,8-11H2,1-4H3. The van der Waals surface area contributed by atoms with Gasteiger partial charge in [-0.05, 0) is 31.9 Å². The minimum atomic E-state index is -3.57. The summed E-state index contributed by atoms with van der Waals surface area (Å²) in [6, 6.07) is 5.21. The number of nitrogens with one attached hydrogen (secondary N) is 1. The maximum atomic E-state index is 12.3. The first kappa shape index (κ1) is 19.6. The van der Waals surface area contributed by atoms with Gasteiger partial charge in [-0.25, -0.2) is 13.1 Å². The van der Waals surface area contributed by atoms with Crippen molar-refractivity contribution in [3.8, 4) is 0 Å². The summed E-state index contributed by atoms with van der Waals surface area (Å²) >= 11 is 0. The molecule has 1 amide bonds. The van der Waals surface area contributed by atoms with E-state index < -0.39 is 10.0 Å². The van der Waals surface area contributed by atoms with Crippen LogP contribution in [-0.2, 0) is 19.6 Å². The van der Waals surface area contributed by atoms with Crippen molar-refractivity contribution >= 4 is 15.9 Å². The van der Waals surface area contributed by atoms with Crippen LogP contribution in [-0.4, -0.2) is 52.6 Å². The number of carbonyl (C=O) groups excluding carboxylic acids is 1. The zero-order chi connectivity index (χ0) is 17.5. The number of ether oxygens (including phenoxy) is 1. The second-order valence-electron chi connectivity index (χ2n) is 5.52. The van der Waals surface area contributed by atoms with E-state index in [1.807, 2.05) is 13.0 Å². The molecular formula is C16H26N2O4S. The van der Waals surface area contributed by atoms with Gasteiger partial charge in [-0.15, -0.1) is 0 Å². The first-order valence-corrected chi connectivity index (χ1v) is 9.07. The fourth-order valence-corrected chi connectivity index (χ4v) is 3.57. The third kappa shape index (κ3) is 6.29. The number of rotatable bonds is 9. The van der Waals surface area contributed by atoms with E-state index in [9.17, 15) is 13.2 Å². The molecule has 1 aromatic carbocycles. The molecule has 0 saturated carbocycles. The normalized spacial score (nSPS) is 11.5. The van der Waals surface area contributed by atoms with Crippen molar-refractivity contribution in [3.63, 3.8) is 0 Å². The molecule has 23 heavy (non-hydrogen) atoms. The fraction of sp³-hybridized carbons (Fsp3) is 0.562. The van der Waals surface area contributed by atoms with E-state index in [-0.39, 0.29) is 17.3 Å². The van der Waals surface area contributed by atoms with E-state index in [1.54, 1.807) is 31.1 Å². The van der Waals surface area contributed by atoms with Crippen LogP contribution in [0, 0.1) is 13.8 Å². The van der Waals surface area contributed by atoms with E-state index in [0.717, 1.165) is 12.0 Å². The van der Waals surface area contributed by atoms with Gasteiger partial charge < -0.3 is 9.64 Å². The molecule has 0 heterocycles. The lowest BCUT2D eigenvalue weighted by Gasteiger charge is -2.21. The van der Waals surface area contributed by atoms with Crippen LogP contribution in [0.3, 0.4) is 0 Å². The molecular weight excluding hydrogens is 316 g/mol. The molecule has 0 fully saturated rings. The third-order valence-corrected chi connectivity index (χ3v) is 5.14. The van der Waals surface area contributed by atoms with Crippen LogP contribution in [0.4, 0.5) is 0 Å². The lowest BCUT2D eigenvalue weighted by molar-refractivity contribution is -0.128. The molecule has 0 spiro atoms. The SMILES string of the molecule is COCCCN(CCNS(=O)(=O)c1ccc(C)cc1C)C(C)=O. The van der Waals surface area contributed by atoms with Crippen LogP contribution in [0.1, 0.15) is 24.5 Å². The Morgan fingerprint density at radius 1 is 1.26 bits per heavy atom. The van der Waals surface area contributed by atoms with Gasteiger partial charge in [0.1, 0.15) is 0 Å². The number of hydrogen-bond donors (Lipinski definition) is 1. The first-order valence-electron chi connectivity index (χ1n) is 7.59. The Kier molecular flexibility index (Phi) is 7.67. The van der Waals surface area contributed by atoms with Crippen molar-refractivity contribution < 1.29 is 17.9 Å². The van der Waals surface area contributed by atoms with Crippen LogP contribution in [0.15, 0.2) is 23.1 Å². The van der Waals surface area contributed by atoms with E-state index >= 15 is 0 Å². The van der Waals surface area contributed by atoms with Crippen molar-refractivity contribution in [1.29, 1.82) is 0 Å². The molecule has 0 aliphatic heterocycles. The van der Waals surface area contributed by atoms with Crippen LogP contribution < -0.4 is 4.72 Å². The molecule has 0 saturated heterocycles. The summed E-state index contributed by atoms with van der Waals surface area (Å²) in [5.41, 5.74) is 1.73. The van der Waals surface area contributed by atoms with Gasteiger partial charge in [-0.3, -0.25) is 4.79 Å². The van der Waals surface area contributed by atoms with Gasteiger partial charge >= 0.3 is 0 Å². The summed E-state index contributed by atoms with van der Waals surface area (Å²) < 4.78 is 32.2. The lowest BCUT2D eigenvalue weighted by Crippen LogP contribution is -2.38. The summed E-state index contributed by atoms with van der Waals surface area (Å²) in [6.45, 7) is 6.80. The maximum Gasteiger partial charge on any atom is 0.240 e. The van der Waals surface area contributed by atoms with Crippen LogP contribution >= 0.6 is 0 Å². The second-order valence-corrected chi connectivity index (χ2v) is 7.25. The predicted molar refractivity (Wildman–Crippen MR) is 89.9 cm³/mol. The molecule has 0 radical (unpaired) electrons. The van der Waals surface area contributed by atoms with Gasteiger partial charge in [0.2, 0.25) is 15.9 Å². The number of hydrogen-bond acceptors (Lipinski definition) is 4. The summed E-state index contributed by atoms with van der Waals surface area (Å²) in [5, 5.41) is 0. The first-order chi connectivity index (χ1) is 10.8. The molecule has 0 aliphatic rings. The number of carbonyl (C=O) groups is 1. The minimum Gasteiger partial charge on any atom is -0.385 e. The van der Waals surface area contributed by atoms with Crippen molar-refractivity contribution in [3.05, 3.63) is 29.3 Å². The highest BCUT2D eigenvalue weighted by atomic mass is 32.2. The van der Waals surface area contributed by atoms with E-state index in [2.05, 4.69) is 4.72 Å². The smallest absolute Gasteiger partial charge is 0.240 e. The number of methoxy groups -OCH3 is 1. The number of amides is 1. The number of sulfonamides is 1. The Hall–Kier alpha value is -1.44. The third-order valence-electron chi connectivity index (χ3n) is 3.52. The van der Waals surface area contributed by atoms with Crippen molar-refractivity contribution in [2.45, 2.75) is 32.1 Å². The monoisotopic (exact) mass is 342 g/mol. The average Bonchev–Trinajstić information content (AvgIpc) is 2.45. The number of benzene rings is 1. The highest BCUT2D eigenvalue weighted by Crippen LogP contribution is 2.15. The summed E-state index contributed by atoms with van der Waals surface area (Å²) in [6.07, 6.45) is 0.722. The molecule has 1 rings (SSSR count). The summed E-state index contributed by atoms with van der Waals surface area (Å²) in [4.78, 5) is 13.5. The molecule has 0 aromatic heterocycles. The Morgan fingerprint density at radius 3 is 2.52 bits per heavy atom. The van der Waals surface area contributed by atoms with E-state index in [1.165, 1.54) is 6.92 Å². The fourth-order valence-electron chi connectivity index (χ4n) is 2.32. The Morgan fingerprint density at radius 2 is 1.96 bits per heavy atom.